The molecule has 2 N–H and O–H groups in total. The molecule has 0 atom stereocenters. The van der Waals surface area contributed by atoms with E-state index in [-0.39, 0.29) is 10.6 Å². The molecule has 7 heteroatoms. The smallest absolute Gasteiger partial charge is 0.246 e. The molecule has 0 aliphatic carbocycles. The molecule has 0 saturated carbocycles. The summed E-state index contributed by atoms with van der Waals surface area (Å²) in [6, 6.07) is 2.96. The lowest BCUT2D eigenvalue weighted by Gasteiger charge is -2.18. The van der Waals surface area contributed by atoms with Crippen LogP contribution >= 0.6 is 15.9 Å². The van der Waals surface area contributed by atoms with Gasteiger partial charge in [0.25, 0.3) is 0 Å². The number of benzene rings is 1. The van der Waals surface area contributed by atoms with E-state index in [0.717, 1.165) is 6.42 Å². The van der Waals surface area contributed by atoms with Crippen LogP contribution < -0.4 is 10.5 Å². The molecule has 102 valence electrons. The fourth-order valence-corrected chi connectivity index (χ4v) is 3.27. The molecule has 5 nitrogen and oxygen atoms in total. The topological polar surface area (TPSA) is 72.6 Å². The molecule has 1 aromatic carbocycles. The number of ether oxygens (including phenoxy) is 1. The standard InChI is InChI=1S/C11H17BrN2O3S/c1-4-5-14(2)18(15,16)11-7-9(13)8(12)6-10(11)17-3/h6-7H,4-5,13H2,1-3H3. The SMILES string of the molecule is CCCN(C)S(=O)(=O)c1cc(N)c(Br)cc1OC. The predicted molar refractivity (Wildman–Crippen MR) is 75.2 cm³/mol. The van der Waals surface area contributed by atoms with Crippen molar-refractivity contribution < 1.29 is 13.2 Å². The van der Waals surface area contributed by atoms with Crippen LogP contribution in [-0.4, -0.2) is 33.4 Å². The van der Waals surface area contributed by atoms with Crippen LogP contribution in [0.25, 0.3) is 0 Å². The second kappa shape index (κ2) is 5.90. The number of hydrogen-bond acceptors (Lipinski definition) is 4. The normalized spacial score (nSPS) is 11.8. The Morgan fingerprint density at radius 3 is 2.56 bits per heavy atom. The van der Waals surface area contributed by atoms with Crippen molar-refractivity contribution >= 4 is 31.6 Å². The summed E-state index contributed by atoms with van der Waals surface area (Å²) in [6.07, 6.45) is 0.740. The van der Waals surface area contributed by atoms with Gasteiger partial charge in [-0.1, -0.05) is 6.92 Å². The number of nitrogen functional groups attached to an aromatic ring is 1. The lowest BCUT2D eigenvalue weighted by molar-refractivity contribution is 0.398. The first-order chi connectivity index (χ1) is 8.34. The third-order valence-electron chi connectivity index (χ3n) is 2.51. The lowest BCUT2D eigenvalue weighted by atomic mass is 10.3. The van der Waals surface area contributed by atoms with Gasteiger partial charge in [-0.3, -0.25) is 0 Å². The van der Waals surface area contributed by atoms with Gasteiger partial charge in [0.1, 0.15) is 10.6 Å². The molecule has 1 aromatic rings. The van der Waals surface area contributed by atoms with Gasteiger partial charge in [-0.25, -0.2) is 12.7 Å². The van der Waals surface area contributed by atoms with Gasteiger partial charge in [0.2, 0.25) is 10.0 Å². The largest absolute Gasteiger partial charge is 0.495 e. The molecule has 0 saturated heterocycles. The van der Waals surface area contributed by atoms with Crippen LogP contribution in [0.4, 0.5) is 5.69 Å². The number of sulfonamides is 1. The Hall–Kier alpha value is -0.790. The number of halogens is 1. The fourth-order valence-electron chi connectivity index (χ4n) is 1.51. The monoisotopic (exact) mass is 336 g/mol. The van der Waals surface area contributed by atoms with E-state index in [2.05, 4.69) is 15.9 Å². The summed E-state index contributed by atoms with van der Waals surface area (Å²) in [5, 5.41) is 0. The van der Waals surface area contributed by atoms with Gasteiger partial charge >= 0.3 is 0 Å². The molecular formula is C11H17BrN2O3S. The second-order valence-corrected chi connectivity index (χ2v) is 6.72. The minimum atomic E-state index is -3.58. The predicted octanol–water partition coefficient (Wildman–Crippen LogP) is 2.07. The van der Waals surface area contributed by atoms with Gasteiger partial charge in [0.15, 0.2) is 0 Å². The van der Waals surface area contributed by atoms with Crippen molar-refractivity contribution in [3.05, 3.63) is 16.6 Å². The molecule has 18 heavy (non-hydrogen) atoms. The highest BCUT2D eigenvalue weighted by Crippen LogP contribution is 2.33. The third kappa shape index (κ3) is 2.96. The summed E-state index contributed by atoms with van der Waals surface area (Å²) in [7, 11) is -0.610. The van der Waals surface area contributed by atoms with Gasteiger partial charge in [0, 0.05) is 23.8 Å². The van der Waals surface area contributed by atoms with Crippen molar-refractivity contribution in [1.29, 1.82) is 0 Å². The van der Waals surface area contributed by atoms with E-state index in [0.29, 0.717) is 16.7 Å². The summed E-state index contributed by atoms with van der Waals surface area (Å²) < 4.78 is 31.7. The van der Waals surface area contributed by atoms with Crippen molar-refractivity contribution in [2.24, 2.45) is 0 Å². The van der Waals surface area contributed by atoms with Crippen LogP contribution in [0.5, 0.6) is 5.75 Å². The molecule has 0 aromatic heterocycles. The van der Waals surface area contributed by atoms with Crippen LogP contribution in [0, 0.1) is 0 Å². The van der Waals surface area contributed by atoms with Gasteiger partial charge in [-0.2, -0.15) is 0 Å². The maximum Gasteiger partial charge on any atom is 0.246 e. The zero-order valence-corrected chi connectivity index (χ0v) is 13.0. The third-order valence-corrected chi connectivity index (χ3v) is 5.07. The number of hydrogen-bond donors (Lipinski definition) is 1. The summed E-state index contributed by atoms with van der Waals surface area (Å²) in [5.74, 6) is 0.277. The maximum absolute atomic E-state index is 12.3. The van der Waals surface area contributed by atoms with Crippen LogP contribution in [0.3, 0.4) is 0 Å². The highest BCUT2D eigenvalue weighted by atomic mass is 79.9. The van der Waals surface area contributed by atoms with Gasteiger partial charge in [-0.05, 0) is 34.5 Å². The van der Waals surface area contributed by atoms with Crippen LogP contribution in [0.1, 0.15) is 13.3 Å². The second-order valence-electron chi connectivity index (χ2n) is 3.85. The number of rotatable bonds is 5. The molecule has 0 heterocycles. The lowest BCUT2D eigenvalue weighted by Crippen LogP contribution is -2.28. The zero-order valence-electron chi connectivity index (χ0n) is 10.6. The van der Waals surface area contributed by atoms with Crippen LogP contribution in [0.2, 0.25) is 0 Å². The van der Waals surface area contributed by atoms with Crippen molar-refractivity contribution in [2.75, 3.05) is 26.4 Å². The Labute approximate surface area is 116 Å². The molecule has 0 fully saturated rings. The highest BCUT2D eigenvalue weighted by Gasteiger charge is 2.25. The number of nitrogens with two attached hydrogens (primary N) is 1. The molecule has 0 spiro atoms. The molecule has 0 unspecified atom stereocenters. The Bertz CT molecular complexity index is 531. The van der Waals surface area contributed by atoms with Gasteiger partial charge < -0.3 is 10.5 Å². The van der Waals surface area contributed by atoms with Crippen LogP contribution in [0.15, 0.2) is 21.5 Å². The number of anilines is 1. The van der Waals surface area contributed by atoms with E-state index < -0.39 is 10.0 Å². The average Bonchev–Trinajstić information content (AvgIpc) is 2.32. The number of nitrogens with zero attached hydrogens (tertiary/aromatic N) is 1. The quantitative estimate of drug-likeness (QED) is 0.835. The summed E-state index contributed by atoms with van der Waals surface area (Å²) in [4.78, 5) is 0.0849. The first kappa shape index (κ1) is 15.3. The van der Waals surface area contributed by atoms with E-state index in [9.17, 15) is 8.42 Å². The van der Waals surface area contributed by atoms with Crippen LogP contribution in [-0.2, 0) is 10.0 Å². The first-order valence-corrected chi connectivity index (χ1v) is 7.67. The first-order valence-electron chi connectivity index (χ1n) is 5.44. The Morgan fingerprint density at radius 1 is 1.44 bits per heavy atom. The molecule has 1 rings (SSSR count). The van der Waals surface area contributed by atoms with E-state index >= 15 is 0 Å². The summed E-state index contributed by atoms with van der Waals surface area (Å²) >= 11 is 3.24. The van der Waals surface area contributed by atoms with Crippen molar-refractivity contribution in [2.45, 2.75) is 18.2 Å². The van der Waals surface area contributed by atoms with E-state index in [4.69, 9.17) is 10.5 Å². The zero-order chi connectivity index (χ0) is 13.9. The molecular weight excluding hydrogens is 320 g/mol. The van der Waals surface area contributed by atoms with E-state index in [1.807, 2.05) is 6.92 Å². The molecule has 0 aliphatic rings. The minimum absolute atomic E-state index is 0.0849. The Morgan fingerprint density at radius 2 is 2.06 bits per heavy atom. The fraction of sp³-hybridized carbons (Fsp3) is 0.455. The summed E-state index contributed by atoms with van der Waals surface area (Å²) in [6.45, 7) is 2.36. The van der Waals surface area contributed by atoms with Crippen molar-refractivity contribution in [3.8, 4) is 5.75 Å². The molecule has 0 bridgehead atoms. The minimum Gasteiger partial charge on any atom is -0.495 e. The molecule has 0 radical (unpaired) electrons. The highest BCUT2D eigenvalue weighted by molar-refractivity contribution is 9.10. The number of methoxy groups -OCH3 is 1. The molecule has 0 aliphatic heterocycles. The molecule has 0 amide bonds. The van der Waals surface area contributed by atoms with Gasteiger partial charge in [-0.15, -0.1) is 0 Å². The average molecular weight is 337 g/mol. The maximum atomic E-state index is 12.3. The van der Waals surface area contributed by atoms with Crippen molar-refractivity contribution in [1.82, 2.24) is 4.31 Å². The Kier molecular flexibility index (Phi) is 5.01. The van der Waals surface area contributed by atoms with Gasteiger partial charge in [0.05, 0.1) is 7.11 Å². The van der Waals surface area contributed by atoms with E-state index in [1.165, 1.54) is 24.5 Å². The Balaban J connectivity index is 3.36. The summed E-state index contributed by atoms with van der Waals surface area (Å²) in [5.41, 5.74) is 6.09. The van der Waals surface area contributed by atoms with E-state index in [1.54, 1.807) is 6.07 Å². The van der Waals surface area contributed by atoms with Crippen molar-refractivity contribution in [3.63, 3.8) is 0 Å².